The fraction of sp³-hybridized carbons (Fsp3) is 0.600. The molecule has 7 heteroatoms. The van der Waals surface area contributed by atoms with Crippen LogP contribution in [0.2, 0.25) is 0 Å². The number of H-pyrrole nitrogens is 1. The first-order valence-electron chi connectivity index (χ1n) is 7.80. The number of carbonyl (C=O) groups is 1. The lowest BCUT2D eigenvalue weighted by molar-refractivity contribution is -0.133. The summed E-state index contributed by atoms with van der Waals surface area (Å²) in [5.74, 6) is 1.89. The Morgan fingerprint density at radius 2 is 2.41 bits per heavy atom. The van der Waals surface area contributed by atoms with E-state index in [9.17, 15) is 4.79 Å². The number of hydrogen-bond acceptors (Lipinski definition) is 5. The van der Waals surface area contributed by atoms with E-state index < -0.39 is 0 Å². The van der Waals surface area contributed by atoms with Gasteiger partial charge in [-0.15, -0.1) is 21.5 Å². The van der Waals surface area contributed by atoms with E-state index in [0.29, 0.717) is 11.8 Å². The average Bonchev–Trinajstić information content (AvgIpc) is 2.95. The average molecular weight is 317 g/mol. The lowest BCUT2D eigenvalue weighted by Crippen LogP contribution is -2.40. The van der Waals surface area contributed by atoms with Crippen LogP contribution in [0, 0.1) is 12.8 Å². The van der Waals surface area contributed by atoms with Gasteiger partial charge in [0.2, 0.25) is 5.91 Å². The van der Waals surface area contributed by atoms with Crippen molar-refractivity contribution in [1.29, 1.82) is 0 Å². The molecule has 3 atom stereocenters. The molecule has 2 aromatic heterocycles. The number of rotatable bonds is 3. The summed E-state index contributed by atoms with van der Waals surface area (Å²) in [6.45, 7) is 3.73. The number of aryl methyl sites for hydroxylation is 1. The summed E-state index contributed by atoms with van der Waals surface area (Å²) in [7, 11) is 0. The minimum absolute atomic E-state index is 0.182. The molecule has 0 aromatic carbocycles. The van der Waals surface area contributed by atoms with Gasteiger partial charge in [-0.25, -0.2) is 0 Å². The highest BCUT2D eigenvalue weighted by Crippen LogP contribution is 2.51. The fourth-order valence-electron chi connectivity index (χ4n) is 3.49. The molecule has 2 aromatic rings. The molecule has 2 fully saturated rings. The summed E-state index contributed by atoms with van der Waals surface area (Å²) in [5.41, 5.74) is 1.33. The summed E-state index contributed by atoms with van der Waals surface area (Å²) in [5, 5.41) is 16.4. The second kappa shape index (κ2) is 5.46. The third-order valence-electron chi connectivity index (χ3n) is 4.81. The van der Waals surface area contributed by atoms with Crippen molar-refractivity contribution < 1.29 is 4.79 Å². The van der Waals surface area contributed by atoms with Crippen LogP contribution in [0.4, 0.5) is 0 Å². The number of aromatic amines is 1. The smallest absolute Gasteiger partial charge is 0.226 e. The summed E-state index contributed by atoms with van der Waals surface area (Å²) >= 11 is 1.78. The molecule has 1 amide bonds. The summed E-state index contributed by atoms with van der Waals surface area (Å²) in [6, 6.07) is 2.15. The first-order chi connectivity index (χ1) is 10.7. The molecule has 1 N–H and O–H groups in total. The normalized spacial score (nSPS) is 27.9. The topological polar surface area (TPSA) is 74.8 Å². The molecule has 0 unspecified atom stereocenters. The number of nitrogens with zero attached hydrogens (tertiary/aromatic N) is 4. The molecular weight excluding hydrogens is 298 g/mol. The third-order valence-corrected chi connectivity index (χ3v) is 5.96. The number of nitrogens with one attached hydrogen (secondary N) is 1. The van der Waals surface area contributed by atoms with Crippen LogP contribution in [-0.4, -0.2) is 44.5 Å². The zero-order valence-corrected chi connectivity index (χ0v) is 13.3. The number of hydrogen-bond donors (Lipinski definition) is 1. The van der Waals surface area contributed by atoms with Crippen LogP contribution in [0.1, 0.15) is 47.4 Å². The van der Waals surface area contributed by atoms with Crippen molar-refractivity contribution in [2.24, 2.45) is 5.92 Å². The van der Waals surface area contributed by atoms with E-state index in [-0.39, 0.29) is 11.8 Å². The van der Waals surface area contributed by atoms with Gasteiger partial charge >= 0.3 is 0 Å². The number of thiophene rings is 1. The van der Waals surface area contributed by atoms with Crippen molar-refractivity contribution in [3.05, 3.63) is 27.7 Å². The van der Waals surface area contributed by atoms with Crippen LogP contribution in [-0.2, 0) is 4.79 Å². The van der Waals surface area contributed by atoms with Gasteiger partial charge in [0, 0.05) is 35.7 Å². The molecule has 1 saturated heterocycles. The van der Waals surface area contributed by atoms with Crippen LogP contribution in [0.25, 0.3) is 0 Å². The van der Waals surface area contributed by atoms with Crippen LogP contribution in [0.3, 0.4) is 0 Å². The quantitative estimate of drug-likeness (QED) is 0.940. The molecule has 22 heavy (non-hydrogen) atoms. The number of tetrazole rings is 1. The molecule has 116 valence electrons. The van der Waals surface area contributed by atoms with Crippen molar-refractivity contribution in [3.63, 3.8) is 0 Å². The zero-order chi connectivity index (χ0) is 15.1. The molecule has 0 bridgehead atoms. The maximum absolute atomic E-state index is 12.8. The number of amides is 1. The molecule has 3 heterocycles. The number of piperidine rings is 1. The molecule has 1 aliphatic heterocycles. The highest BCUT2D eigenvalue weighted by atomic mass is 32.1. The van der Waals surface area contributed by atoms with E-state index in [2.05, 4.69) is 39.0 Å². The van der Waals surface area contributed by atoms with Gasteiger partial charge in [0.25, 0.3) is 0 Å². The maximum atomic E-state index is 12.8. The second-order valence-electron chi connectivity index (χ2n) is 6.31. The van der Waals surface area contributed by atoms with E-state index in [0.717, 1.165) is 38.2 Å². The molecule has 4 rings (SSSR count). The SMILES string of the molecule is Cc1ccsc1[C@@H]1C[C@H]1C(=O)N1CCC[C@@H](c2nn[nH]n2)C1. The van der Waals surface area contributed by atoms with Gasteiger partial charge in [-0.2, -0.15) is 5.21 Å². The highest BCUT2D eigenvalue weighted by molar-refractivity contribution is 7.10. The van der Waals surface area contributed by atoms with Gasteiger partial charge in [0.15, 0.2) is 5.82 Å². The Kier molecular flexibility index (Phi) is 3.44. The summed E-state index contributed by atoms with van der Waals surface area (Å²) in [6.07, 6.45) is 3.05. The van der Waals surface area contributed by atoms with E-state index in [1.54, 1.807) is 11.3 Å². The Morgan fingerprint density at radius 3 is 3.14 bits per heavy atom. The van der Waals surface area contributed by atoms with Crippen molar-refractivity contribution in [2.45, 2.75) is 38.0 Å². The monoisotopic (exact) mass is 317 g/mol. The number of aromatic nitrogens is 4. The number of carbonyl (C=O) groups excluding carboxylic acids is 1. The van der Waals surface area contributed by atoms with Gasteiger partial charge in [-0.05, 0) is 43.2 Å². The molecular formula is C15H19N5OS. The maximum Gasteiger partial charge on any atom is 0.226 e. The van der Waals surface area contributed by atoms with E-state index in [1.807, 2.05) is 4.90 Å². The molecule has 1 saturated carbocycles. The van der Waals surface area contributed by atoms with Crippen molar-refractivity contribution in [3.8, 4) is 0 Å². The molecule has 2 aliphatic rings. The van der Waals surface area contributed by atoms with E-state index >= 15 is 0 Å². The van der Waals surface area contributed by atoms with E-state index in [1.165, 1.54) is 10.4 Å². The highest BCUT2D eigenvalue weighted by Gasteiger charge is 2.47. The third kappa shape index (κ3) is 2.43. The lowest BCUT2D eigenvalue weighted by Gasteiger charge is -2.31. The molecule has 1 aliphatic carbocycles. The first kappa shape index (κ1) is 13.9. The minimum Gasteiger partial charge on any atom is -0.342 e. The Bertz CT molecular complexity index is 667. The minimum atomic E-state index is 0.182. The van der Waals surface area contributed by atoms with Gasteiger partial charge in [0.1, 0.15) is 0 Å². The van der Waals surface area contributed by atoms with Gasteiger partial charge in [-0.3, -0.25) is 4.79 Å². The van der Waals surface area contributed by atoms with Crippen molar-refractivity contribution in [1.82, 2.24) is 25.5 Å². The molecule has 0 spiro atoms. The van der Waals surface area contributed by atoms with Crippen LogP contribution in [0.15, 0.2) is 11.4 Å². The molecule has 0 radical (unpaired) electrons. The second-order valence-corrected chi connectivity index (χ2v) is 7.26. The largest absolute Gasteiger partial charge is 0.342 e. The van der Waals surface area contributed by atoms with E-state index in [4.69, 9.17) is 0 Å². The number of likely N-dealkylation sites (tertiary alicyclic amines) is 1. The van der Waals surface area contributed by atoms with Gasteiger partial charge in [0.05, 0.1) is 0 Å². The van der Waals surface area contributed by atoms with Crippen LogP contribution >= 0.6 is 11.3 Å². The van der Waals surface area contributed by atoms with Crippen molar-refractivity contribution >= 4 is 17.2 Å². The summed E-state index contributed by atoms with van der Waals surface area (Å²) < 4.78 is 0. The van der Waals surface area contributed by atoms with Crippen molar-refractivity contribution in [2.75, 3.05) is 13.1 Å². The standard InChI is InChI=1S/C15H19N5OS/c1-9-4-6-22-13(9)11-7-12(11)15(21)20-5-2-3-10(8-20)14-16-18-19-17-14/h4,6,10-12H,2-3,5,7-8H2,1H3,(H,16,17,18,19)/t10-,11-,12-/m1/s1. The van der Waals surface area contributed by atoms with Gasteiger partial charge < -0.3 is 4.90 Å². The predicted molar refractivity (Wildman–Crippen MR) is 82.6 cm³/mol. The van der Waals surface area contributed by atoms with Crippen LogP contribution < -0.4 is 0 Å². The Morgan fingerprint density at radius 1 is 1.50 bits per heavy atom. The molecule has 6 nitrogen and oxygen atoms in total. The summed E-state index contributed by atoms with van der Waals surface area (Å²) in [4.78, 5) is 16.2. The predicted octanol–water partition coefficient (Wildman–Crippen LogP) is 2.08. The Labute approximate surface area is 132 Å². The Balaban J connectivity index is 1.42. The van der Waals surface area contributed by atoms with Crippen LogP contribution in [0.5, 0.6) is 0 Å². The lowest BCUT2D eigenvalue weighted by atomic mass is 9.97. The zero-order valence-electron chi connectivity index (χ0n) is 12.5. The van der Waals surface area contributed by atoms with Gasteiger partial charge in [-0.1, -0.05) is 5.21 Å². The first-order valence-corrected chi connectivity index (χ1v) is 8.68. The Hall–Kier alpha value is -1.76. The fourth-order valence-corrected chi connectivity index (χ4v) is 4.60.